The molecule has 1 amide bonds. The summed E-state index contributed by atoms with van der Waals surface area (Å²) in [6.45, 7) is 0. The van der Waals surface area contributed by atoms with Crippen LogP contribution in [0.1, 0.15) is 38.5 Å². The van der Waals surface area contributed by atoms with Crippen LogP contribution in [0.25, 0.3) is 0 Å². The second-order valence-corrected chi connectivity index (χ2v) is 5.91. The Kier molecular flexibility index (Phi) is 6.07. The Morgan fingerprint density at radius 3 is 2.55 bits per heavy atom. The molecule has 0 bridgehead atoms. The lowest BCUT2D eigenvalue weighted by Gasteiger charge is -2.24. The van der Waals surface area contributed by atoms with E-state index in [1.807, 2.05) is 0 Å². The van der Waals surface area contributed by atoms with E-state index >= 15 is 0 Å². The summed E-state index contributed by atoms with van der Waals surface area (Å²) >= 11 is 0. The van der Waals surface area contributed by atoms with Crippen molar-refractivity contribution in [3.8, 4) is 11.5 Å². The number of ether oxygens (including phenoxy) is 2. The highest BCUT2D eigenvalue weighted by atomic mass is 16.5. The molecule has 1 unspecified atom stereocenters. The lowest BCUT2D eigenvalue weighted by molar-refractivity contribution is -0.117. The Hall–Kier alpha value is -1.75. The normalized spacial score (nSPS) is 16.9. The maximum atomic E-state index is 12.2. The van der Waals surface area contributed by atoms with E-state index in [2.05, 4.69) is 5.32 Å². The van der Waals surface area contributed by atoms with Crippen LogP contribution in [0.2, 0.25) is 0 Å². The van der Waals surface area contributed by atoms with Crippen LogP contribution in [-0.4, -0.2) is 26.2 Å². The smallest absolute Gasteiger partial charge is 0.241 e. The molecule has 1 aromatic rings. The molecule has 1 saturated carbocycles. The zero-order valence-electron chi connectivity index (χ0n) is 13.4. The maximum absolute atomic E-state index is 12.2. The number of nitrogens with two attached hydrogens (primary N) is 1. The average Bonchev–Trinajstić information content (AvgIpc) is 2.55. The molecule has 2 rings (SSSR count). The Morgan fingerprint density at radius 1 is 1.23 bits per heavy atom. The van der Waals surface area contributed by atoms with E-state index in [1.54, 1.807) is 32.4 Å². The third-order valence-electron chi connectivity index (χ3n) is 4.30. The minimum Gasteiger partial charge on any atom is -0.493 e. The van der Waals surface area contributed by atoms with Crippen LogP contribution in [-0.2, 0) is 4.79 Å². The lowest BCUT2D eigenvalue weighted by atomic mass is 9.85. The van der Waals surface area contributed by atoms with Gasteiger partial charge in [-0.2, -0.15) is 0 Å². The van der Waals surface area contributed by atoms with Crippen molar-refractivity contribution in [1.29, 1.82) is 0 Å². The quantitative estimate of drug-likeness (QED) is 0.847. The molecular weight excluding hydrogens is 280 g/mol. The van der Waals surface area contributed by atoms with Gasteiger partial charge in [0, 0.05) is 11.8 Å². The number of nitrogens with one attached hydrogen (secondary N) is 1. The predicted molar refractivity (Wildman–Crippen MR) is 87.3 cm³/mol. The third-order valence-corrected chi connectivity index (χ3v) is 4.30. The summed E-state index contributed by atoms with van der Waals surface area (Å²) in [4.78, 5) is 12.2. The molecule has 1 atom stereocenters. The van der Waals surface area contributed by atoms with Crippen molar-refractivity contribution in [3.63, 3.8) is 0 Å². The van der Waals surface area contributed by atoms with E-state index in [0.29, 0.717) is 23.1 Å². The summed E-state index contributed by atoms with van der Waals surface area (Å²) < 4.78 is 10.4. The first-order valence-electron chi connectivity index (χ1n) is 7.92. The van der Waals surface area contributed by atoms with Crippen molar-refractivity contribution in [3.05, 3.63) is 18.2 Å². The van der Waals surface area contributed by atoms with E-state index in [0.717, 1.165) is 6.42 Å². The average molecular weight is 306 g/mol. The second kappa shape index (κ2) is 8.03. The highest BCUT2D eigenvalue weighted by molar-refractivity contribution is 5.94. The molecule has 5 nitrogen and oxygen atoms in total. The molecule has 3 N–H and O–H groups in total. The van der Waals surface area contributed by atoms with Gasteiger partial charge in [-0.15, -0.1) is 0 Å². The zero-order chi connectivity index (χ0) is 15.9. The number of methoxy groups -OCH3 is 2. The molecule has 0 aliphatic heterocycles. The number of benzene rings is 1. The molecule has 0 heterocycles. The van der Waals surface area contributed by atoms with Crippen molar-refractivity contribution >= 4 is 11.6 Å². The highest BCUT2D eigenvalue weighted by Gasteiger charge is 2.21. The van der Waals surface area contributed by atoms with Gasteiger partial charge in [-0.25, -0.2) is 0 Å². The lowest BCUT2D eigenvalue weighted by Crippen LogP contribution is -2.37. The number of anilines is 1. The molecule has 122 valence electrons. The Morgan fingerprint density at radius 2 is 1.91 bits per heavy atom. The fraction of sp³-hybridized carbons (Fsp3) is 0.588. The summed E-state index contributed by atoms with van der Waals surface area (Å²) in [7, 11) is 3.15. The molecule has 22 heavy (non-hydrogen) atoms. The highest BCUT2D eigenvalue weighted by Crippen LogP contribution is 2.30. The van der Waals surface area contributed by atoms with Gasteiger partial charge in [-0.3, -0.25) is 4.79 Å². The van der Waals surface area contributed by atoms with E-state index in [1.165, 1.54) is 32.1 Å². The van der Waals surface area contributed by atoms with Gasteiger partial charge < -0.3 is 20.5 Å². The summed E-state index contributed by atoms with van der Waals surface area (Å²) in [5.74, 6) is 1.66. The first-order chi connectivity index (χ1) is 10.6. The minimum absolute atomic E-state index is 0.141. The summed E-state index contributed by atoms with van der Waals surface area (Å²) in [5.41, 5.74) is 6.72. The molecule has 1 aliphatic carbocycles. The summed E-state index contributed by atoms with van der Waals surface area (Å²) in [5, 5.41) is 2.86. The van der Waals surface area contributed by atoms with Crippen molar-refractivity contribution in [2.75, 3.05) is 19.5 Å². The van der Waals surface area contributed by atoms with Crippen LogP contribution in [0.4, 0.5) is 5.69 Å². The SMILES string of the molecule is COc1ccc(NC(=O)C(N)CC2CCCCC2)cc1OC. The van der Waals surface area contributed by atoms with Gasteiger partial charge in [-0.05, 0) is 24.5 Å². The molecule has 1 aromatic carbocycles. The van der Waals surface area contributed by atoms with E-state index in [9.17, 15) is 4.79 Å². The van der Waals surface area contributed by atoms with E-state index < -0.39 is 6.04 Å². The molecule has 5 heteroatoms. The zero-order valence-corrected chi connectivity index (χ0v) is 13.4. The fourth-order valence-electron chi connectivity index (χ4n) is 3.04. The molecular formula is C17H26N2O3. The molecule has 0 radical (unpaired) electrons. The molecule has 0 saturated heterocycles. The van der Waals surface area contributed by atoms with Gasteiger partial charge in [0.1, 0.15) is 0 Å². The first-order valence-corrected chi connectivity index (χ1v) is 7.92. The predicted octanol–water partition coefficient (Wildman–Crippen LogP) is 2.94. The third kappa shape index (κ3) is 4.37. The van der Waals surface area contributed by atoms with Crippen molar-refractivity contribution < 1.29 is 14.3 Å². The van der Waals surface area contributed by atoms with E-state index in [-0.39, 0.29) is 5.91 Å². The number of carbonyl (C=O) groups excluding carboxylic acids is 1. The van der Waals surface area contributed by atoms with Crippen molar-refractivity contribution in [2.24, 2.45) is 11.7 Å². The Labute approximate surface area is 132 Å². The largest absolute Gasteiger partial charge is 0.493 e. The van der Waals surface area contributed by atoms with Gasteiger partial charge in [0.15, 0.2) is 11.5 Å². The van der Waals surface area contributed by atoms with Crippen LogP contribution in [0.3, 0.4) is 0 Å². The number of hydrogen-bond donors (Lipinski definition) is 2. The Bertz CT molecular complexity index is 499. The van der Waals surface area contributed by atoms with Crippen molar-refractivity contribution in [2.45, 2.75) is 44.6 Å². The van der Waals surface area contributed by atoms with Gasteiger partial charge in [0.25, 0.3) is 0 Å². The fourth-order valence-corrected chi connectivity index (χ4v) is 3.04. The van der Waals surface area contributed by atoms with Crippen LogP contribution in [0.15, 0.2) is 18.2 Å². The van der Waals surface area contributed by atoms with E-state index in [4.69, 9.17) is 15.2 Å². The maximum Gasteiger partial charge on any atom is 0.241 e. The number of rotatable bonds is 6. The van der Waals surface area contributed by atoms with Crippen LogP contribution >= 0.6 is 0 Å². The number of carbonyl (C=O) groups is 1. The summed E-state index contributed by atoms with van der Waals surface area (Å²) in [6, 6.07) is 4.83. The molecule has 1 aliphatic rings. The van der Waals surface area contributed by atoms with Crippen LogP contribution < -0.4 is 20.5 Å². The first kappa shape index (κ1) is 16.6. The van der Waals surface area contributed by atoms with Gasteiger partial charge in [0.2, 0.25) is 5.91 Å². The molecule has 0 spiro atoms. The second-order valence-electron chi connectivity index (χ2n) is 5.91. The monoisotopic (exact) mass is 306 g/mol. The van der Waals surface area contributed by atoms with Gasteiger partial charge in [-0.1, -0.05) is 32.1 Å². The van der Waals surface area contributed by atoms with Gasteiger partial charge in [0.05, 0.1) is 20.3 Å². The molecule has 1 fully saturated rings. The topological polar surface area (TPSA) is 73.6 Å². The standard InChI is InChI=1S/C17H26N2O3/c1-21-15-9-8-13(11-16(15)22-2)19-17(20)14(18)10-12-6-4-3-5-7-12/h8-9,11-12,14H,3-7,10,18H2,1-2H3,(H,19,20). The molecule has 0 aromatic heterocycles. The van der Waals surface area contributed by atoms with Crippen LogP contribution in [0, 0.1) is 5.92 Å². The number of hydrogen-bond acceptors (Lipinski definition) is 4. The minimum atomic E-state index is -0.462. The van der Waals surface area contributed by atoms with Crippen LogP contribution in [0.5, 0.6) is 11.5 Å². The van der Waals surface area contributed by atoms with Gasteiger partial charge >= 0.3 is 0 Å². The van der Waals surface area contributed by atoms with Crippen molar-refractivity contribution in [1.82, 2.24) is 0 Å². The summed E-state index contributed by atoms with van der Waals surface area (Å²) in [6.07, 6.45) is 6.97. The number of amides is 1. The Balaban J connectivity index is 1.92.